The molecule has 0 radical (unpaired) electrons. The molecular formula is C32H56N2O3. The molecule has 0 aromatic rings. The van der Waals surface area contributed by atoms with Crippen molar-refractivity contribution in [1.82, 2.24) is 10.2 Å². The molecule has 4 aliphatic carbocycles. The van der Waals surface area contributed by atoms with E-state index in [-0.39, 0.29) is 12.1 Å². The van der Waals surface area contributed by atoms with Crippen LogP contribution < -0.4 is 5.32 Å². The number of nitrogens with zero attached hydrogens (tertiary/aromatic N) is 1. The predicted molar refractivity (Wildman–Crippen MR) is 149 cm³/mol. The van der Waals surface area contributed by atoms with Crippen LogP contribution in [0.5, 0.6) is 0 Å². The number of fused-ring (bicyclic) bond motifs is 5. The molecule has 4 saturated carbocycles. The molecule has 2 N–H and O–H groups in total. The Hall–Kier alpha value is -0.650. The second-order valence-electron chi connectivity index (χ2n) is 14.4. The molecule has 5 heteroatoms. The van der Waals surface area contributed by atoms with Gasteiger partial charge in [0.25, 0.3) is 0 Å². The van der Waals surface area contributed by atoms with Crippen molar-refractivity contribution in [3.8, 4) is 0 Å². The summed E-state index contributed by atoms with van der Waals surface area (Å²) in [5.41, 5.74) is 0.707. The number of carbonyl (C=O) groups is 1. The highest BCUT2D eigenvalue weighted by Gasteiger charge is 2.62. The first kappa shape index (κ1) is 27.9. The lowest BCUT2D eigenvalue weighted by atomic mass is 9.43. The molecule has 5 nitrogen and oxygen atoms in total. The Kier molecular flexibility index (Phi) is 8.64. The molecule has 212 valence electrons. The Morgan fingerprint density at radius 2 is 1.76 bits per heavy atom. The van der Waals surface area contributed by atoms with E-state index in [1.54, 1.807) is 0 Å². The molecule has 1 saturated heterocycles. The highest BCUT2D eigenvalue weighted by molar-refractivity contribution is 5.69. The van der Waals surface area contributed by atoms with Crippen LogP contribution in [0.15, 0.2) is 0 Å². The van der Waals surface area contributed by atoms with Crippen LogP contribution >= 0.6 is 0 Å². The summed E-state index contributed by atoms with van der Waals surface area (Å²) in [6.07, 6.45) is 15.5. The first-order chi connectivity index (χ1) is 17.8. The number of esters is 1. The number of aliphatic hydroxyl groups is 1. The average molecular weight is 517 g/mol. The van der Waals surface area contributed by atoms with Crippen molar-refractivity contribution in [3.63, 3.8) is 0 Å². The molecule has 0 amide bonds. The Labute approximate surface area is 226 Å². The van der Waals surface area contributed by atoms with Gasteiger partial charge in [-0.05, 0) is 130 Å². The first-order valence-electron chi connectivity index (χ1n) is 16.0. The Balaban J connectivity index is 1.20. The van der Waals surface area contributed by atoms with E-state index >= 15 is 0 Å². The van der Waals surface area contributed by atoms with Crippen molar-refractivity contribution in [2.24, 2.45) is 46.3 Å². The van der Waals surface area contributed by atoms with Gasteiger partial charge in [-0.15, -0.1) is 0 Å². The molecular weight excluding hydrogens is 460 g/mol. The molecule has 4 unspecified atom stereocenters. The fourth-order valence-electron chi connectivity index (χ4n) is 10.6. The number of rotatable bonds is 8. The van der Waals surface area contributed by atoms with Gasteiger partial charge < -0.3 is 20.1 Å². The minimum absolute atomic E-state index is 0.0754. The van der Waals surface area contributed by atoms with Crippen LogP contribution in [0.4, 0.5) is 0 Å². The Morgan fingerprint density at radius 3 is 2.51 bits per heavy atom. The van der Waals surface area contributed by atoms with Crippen molar-refractivity contribution < 1.29 is 14.6 Å². The monoisotopic (exact) mass is 516 g/mol. The lowest BCUT2D eigenvalue weighted by Gasteiger charge is -2.62. The molecule has 0 spiro atoms. The summed E-state index contributed by atoms with van der Waals surface area (Å²) in [6.45, 7) is 12.4. The zero-order chi connectivity index (χ0) is 26.2. The largest absolute Gasteiger partial charge is 0.469 e. The van der Waals surface area contributed by atoms with Gasteiger partial charge in [-0.25, -0.2) is 0 Å². The van der Waals surface area contributed by atoms with E-state index in [4.69, 9.17) is 4.74 Å². The second kappa shape index (κ2) is 11.5. The van der Waals surface area contributed by atoms with Crippen LogP contribution in [0.1, 0.15) is 104 Å². The van der Waals surface area contributed by atoms with E-state index in [1.165, 1.54) is 91.0 Å². The minimum atomic E-state index is -0.135. The van der Waals surface area contributed by atoms with Crippen molar-refractivity contribution in [2.75, 3.05) is 33.3 Å². The number of hydrogen-bond acceptors (Lipinski definition) is 5. The zero-order valence-corrected chi connectivity index (χ0v) is 24.4. The highest BCUT2D eigenvalue weighted by atomic mass is 16.5. The normalized spacial score (nSPS) is 44.9. The van der Waals surface area contributed by atoms with E-state index in [9.17, 15) is 9.90 Å². The van der Waals surface area contributed by atoms with Crippen molar-refractivity contribution in [3.05, 3.63) is 0 Å². The van der Waals surface area contributed by atoms with Gasteiger partial charge in [0.2, 0.25) is 0 Å². The quantitative estimate of drug-likeness (QED) is 0.408. The fraction of sp³-hybridized carbons (Fsp3) is 0.969. The minimum Gasteiger partial charge on any atom is -0.469 e. The van der Waals surface area contributed by atoms with Gasteiger partial charge in [0.05, 0.1) is 13.2 Å². The first-order valence-corrected chi connectivity index (χ1v) is 16.0. The zero-order valence-electron chi connectivity index (χ0n) is 24.4. The summed E-state index contributed by atoms with van der Waals surface area (Å²) in [5, 5.41) is 15.6. The van der Waals surface area contributed by atoms with Gasteiger partial charge in [0.15, 0.2) is 0 Å². The molecule has 10 atom stereocenters. The van der Waals surface area contributed by atoms with Crippen molar-refractivity contribution in [2.45, 2.75) is 116 Å². The van der Waals surface area contributed by atoms with Crippen molar-refractivity contribution in [1.29, 1.82) is 0 Å². The average Bonchev–Trinajstić information content (AvgIpc) is 3.25. The maximum atomic E-state index is 11.8. The Morgan fingerprint density at radius 1 is 1.03 bits per heavy atom. The standard InChI is InChI=1S/C32H56N2O3/c1-22(8-11-29(36)37-4)25-9-10-26-30-27(13-15-32(25,26)3)31(2)14-12-24(20-23(31)21-28(30)35)33-16-19-34-17-6-5-7-18-34/h22-28,30,33,35H,5-21H2,1-4H3/t22-,23-,24+,25-,26?,27?,28?,30?,31+,32-/m1/s1. The lowest BCUT2D eigenvalue weighted by Crippen LogP contribution is -2.59. The Bertz CT molecular complexity index is 784. The van der Waals surface area contributed by atoms with Gasteiger partial charge in [0, 0.05) is 25.6 Å². The number of piperidine rings is 1. The molecule has 5 fully saturated rings. The molecule has 37 heavy (non-hydrogen) atoms. The van der Waals surface area contributed by atoms with Gasteiger partial charge in [-0.2, -0.15) is 0 Å². The summed E-state index contributed by atoms with van der Waals surface area (Å²) < 4.78 is 4.92. The highest BCUT2D eigenvalue weighted by Crippen LogP contribution is 2.68. The SMILES string of the molecule is COC(=O)CC[C@@H](C)[C@H]1CCC2C3C(O)C[C@H]4C[C@@H](NCCN5CCCCC5)CC[C@]4(C)C3CC[C@@]21C. The number of ether oxygens (including phenoxy) is 1. The van der Waals surface area contributed by atoms with Crippen molar-refractivity contribution >= 4 is 5.97 Å². The lowest BCUT2D eigenvalue weighted by molar-refractivity contribution is -0.167. The number of hydrogen-bond donors (Lipinski definition) is 2. The molecule has 5 aliphatic rings. The fourth-order valence-corrected chi connectivity index (χ4v) is 10.6. The molecule has 5 rings (SSSR count). The van der Waals surface area contributed by atoms with E-state index in [2.05, 4.69) is 31.0 Å². The molecule has 0 aromatic heterocycles. The third-order valence-corrected chi connectivity index (χ3v) is 12.8. The van der Waals surface area contributed by atoms with E-state index in [1.807, 2.05) is 0 Å². The van der Waals surface area contributed by atoms with Crippen LogP contribution in [-0.4, -0.2) is 61.4 Å². The summed E-state index contributed by atoms with van der Waals surface area (Å²) in [7, 11) is 1.50. The predicted octanol–water partition coefficient (Wildman–Crippen LogP) is 5.65. The second-order valence-corrected chi connectivity index (χ2v) is 14.4. The topological polar surface area (TPSA) is 61.8 Å². The number of methoxy groups -OCH3 is 1. The van der Waals surface area contributed by atoms with E-state index < -0.39 is 0 Å². The smallest absolute Gasteiger partial charge is 0.305 e. The summed E-state index contributed by atoms with van der Waals surface area (Å²) in [5.74, 6) is 3.59. The van der Waals surface area contributed by atoms with Crippen LogP contribution in [0.2, 0.25) is 0 Å². The van der Waals surface area contributed by atoms with E-state index in [0.717, 1.165) is 19.4 Å². The van der Waals surface area contributed by atoms with E-state index in [0.29, 0.717) is 58.8 Å². The van der Waals surface area contributed by atoms with Crippen LogP contribution in [0.25, 0.3) is 0 Å². The van der Waals surface area contributed by atoms with Gasteiger partial charge in [-0.3, -0.25) is 4.79 Å². The van der Waals surface area contributed by atoms with Crippen LogP contribution in [-0.2, 0) is 9.53 Å². The summed E-state index contributed by atoms with van der Waals surface area (Å²) in [4.78, 5) is 14.4. The molecule has 1 heterocycles. The third kappa shape index (κ3) is 5.40. The maximum Gasteiger partial charge on any atom is 0.305 e. The third-order valence-electron chi connectivity index (χ3n) is 12.8. The number of nitrogens with one attached hydrogen (secondary N) is 1. The molecule has 0 bridgehead atoms. The number of likely N-dealkylation sites (tertiary alicyclic amines) is 1. The summed E-state index contributed by atoms with van der Waals surface area (Å²) >= 11 is 0. The summed E-state index contributed by atoms with van der Waals surface area (Å²) in [6, 6.07) is 0.631. The van der Waals surface area contributed by atoms with Crippen LogP contribution in [0, 0.1) is 46.3 Å². The number of carbonyl (C=O) groups excluding carboxylic acids is 1. The van der Waals surface area contributed by atoms with Gasteiger partial charge in [0.1, 0.15) is 0 Å². The van der Waals surface area contributed by atoms with Crippen LogP contribution in [0.3, 0.4) is 0 Å². The number of aliphatic hydroxyl groups excluding tert-OH is 1. The van der Waals surface area contributed by atoms with Gasteiger partial charge in [-0.1, -0.05) is 27.2 Å². The maximum absolute atomic E-state index is 11.8. The molecule has 0 aromatic carbocycles. The van der Waals surface area contributed by atoms with Gasteiger partial charge >= 0.3 is 5.97 Å². The molecule has 1 aliphatic heterocycles.